The molecule has 212 valence electrons. The third kappa shape index (κ3) is 4.81. The molecule has 5 aliphatic rings. The first-order chi connectivity index (χ1) is 19.4. The summed E-state index contributed by atoms with van der Waals surface area (Å²) in [7, 11) is -1.56. The second kappa shape index (κ2) is 10.5. The van der Waals surface area contributed by atoms with Crippen LogP contribution >= 0.6 is 11.8 Å². The van der Waals surface area contributed by atoms with Crippen molar-refractivity contribution < 1.29 is 17.9 Å². The highest BCUT2D eigenvalue weighted by Gasteiger charge is 2.44. The molecule has 8 nitrogen and oxygen atoms in total. The summed E-state index contributed by atoms with van der Waals surface area (Å²) >= 11 is 1.87. The van der Waals surface area contributed by atoms with Crippen molar-refractivity contribution in [1.29, 1.82) is 0 Å². The lowest BCUT2D eigenvalue weighted by Gasteiger charge is -2.30. The Morgan fingerprint density at radius 3 is 2.60 bits per heavy atom. The Labute approximate surface area is 240 Å². The Balaban J connectivity index is 1.22. The quantitative estimate of drug-likeness (QED) is 0.514. The van der Waals surface area contributed by atoms with Gasteiger partial charge in [0.2, 0.25) is 0 Å². The Kier molecular flexibility index (Phi) is 7.03. The fourth-order valence-corrected chi connectivity index (χ4v) is 9.50. The zero-order valence-electron chi connectivity index (χ0n) is 22.9. The largest absolute Gasteiger partial charge is 0.347 e. The van der Waals surface area contributed by atoms with Crippen molar-refractivity contribution in [3.05, 3.63) is 59.8 Å². The third-order valence-electron chi connectivity index (χ3n) is 9.07. The van der Waals surface area contributed by atoms with Gasteiger partial charge in [0.25, 0.3) is 10.0 Å². The summed E-state index contributed by atoms with van der Waals surface area (Å²) < 4.78 is 41.0. The molecule has 4 aliphatic heterocycles. The normalized spacial score (nSPS) is 27.2. The standard InChI is InChI=1S/C30H36N4O4S2/c1-33-13-9-22(10-14-33)29-32-27(20-39-29)26-19-34(40(35,36)24-5-3-2-4-6-24)28-25(26)17-23(18-31-28)21-7-11-30(12-8-21)37-15-16-38-30/h2-7,17-18,22,26-27H,8-16,19-20H2,1H3. The van der Waals surface area contributed by atoms with Gasteiger partial charge in [-0.1, -0.05) is 24.3 Å². The Morgan fingerprint density at radius 1 is 1.10 bits per heavy atom. The molecule has 1 aromatic carbocycles. The molecule has 2 saturated heterocycles. The maximum absolute atomic E-state index is 13.8. The van der Waals surface area contributed by atoms with Gasteiger partial charge in [-0.25, -0.2) is 17.7 Å². The van der Waals surface area contributed by atoms with Gasteiger partial charge < -0.3 is 14.4 Å². The first kappa shape index (κ1) is 26.6. The zero-order valence-corrected chi connectivity index (χ0v) is 24.5. The number of anilines is 1. The van der Waals surface area contributed by atoms with E-state index in [-0.39, 0.29) is 12.0 Å². The van der Waals surface area contributed by atoms with Crippen LogP contribution in [0.2, 0.25) is 0 Å². The summed E-state index contributed by atoms with van der Waals surface area (Å²) in [5.41, 5.74) is 3.27. The summed E-state index contributed by atoms with van der Waals surface area (Å²) in [6.07, 6.45) is 8.71. The number of thioether (sulfide) groups is 1. The Morgan fingerprint density at radius 2 is 1.88 bits per heavy atom. The molecule has 40 heavy (non-hydrogen) atoms. The van der Waals surface area contributed by atoms with E-state index in [9.17, 15) is 8.42 Å². The maximum atomic E-state index is 13.8. The molecule has 2 aromatic rings. The van der Waals surface area contributed by atoms with Crippen LogP contribution in [-0.2, 0) is 19.5 Å². The number of ether oxygens (including phenoxy) is 2. The number of nitrogens with zero attached hydrogens (tertiary/aromatic N) is 4. The van der Waals surface area contributed by atoms with Crippen LogP contribution in [0.4, 0.5) is 5.82 Å². The number of hydrogen-bond donors (Lipinski definition) is 0. The molecule has 0 N–H and O–H groups in total. The summed E-state index contributed by atoms with van der Waals surface area (Å²) in [4.78, 5) is 12.8. The molecular formula is C30H36N4O4S2. The second-order valence-corrected chi connectivity index (χ2v) is 14.5. The van der Waals surface area contributed by atoms with Crippen LogP contribution in [-0.4, -0.2) is 80.8 Å². The molecule has 2 atom stereocenters. The van der Waals surface area contributed by atoms with E-state index in [0.29, 0.717) is 36.4 Å². The second-order valence-electron chi connectivity index (χ2n) is 11.6. The molecule has 10 heteroatoms. The van der Waals surface area contributed by atoms with Gasteiger partial charge in [0.05, 0.1) is 29.2 Å². The highest BCUT2D eigenvalue weighted by atomic mass is 32.2. The van der Waals surface area contributed by atoms with Crippen molar-refractivity contribution in [2.75, 3.05) is 50.0 Å². The number of sulfonamides is 1. The van der Waals surface area contributed by atoms with Crippen molar-refractivity contribution >= 4 is 38.2 Å². The van der Waals surface area contributed by atoms with Gasteiger partial charge in [-0.3, -0.25) is 4.99 Å². The van der Waals surface area contributed by atoms with Crippen LogP contribution in [0.5, 0.6) is 0 Å². The predicted molar refractivity (Wildman–Crippen MR) is 158 cm³/mol. The minimum atomic E-state index is -3.75. The minimum absolute atomic E-state index is 0.0331. The lowest BCUT2D eigenvalue weighted by Crippen LogP contribution is -2.33. The summed E-state index contributed by atoms with van der Waals surface area (Å²) in [6.45, 7) is 3.86. The average Bonchev–Trinajstić information content (AvgIpc) is 3.73. The summed E-state index contributed by atoms with van der Waals surface area (Å²) in [6, 6.07) is 10.9. The lowest BCUT2D eigenvalue weighted by atomic mass is 9.88. The van der Waals surface area contributed by atoms with Crippen LogP contribution < -0.4 is 4.31 Å². The molecular weight excluding hydrogens is 544 g/mol. The van der Waals surface area contributed by atoms with Gasteiger partial charge in [-0.15, -0.1) is 11.8 Å². The average molecular weight is 581 g/mol. The van der Waals surface area contributed by atoms with Gasteiger partial charge in [0.15, 0.2) is 5.79 Å². The van der Waals surface area contributed by atoms with Crippen LogP contribution in [0.1, 0.15) is 49.1 Å². The molecule has 5 heterocycles. The predicted octanol–water partition coefficient (Wildman–Crippen LogP) is 4.54. The van der Waals surface area contributed by atoms with Crippen LogP contribution in [0, 0.1) is 5.92 Å². The number of piperidine rings is 1. The Hall–Kier alpha value is -2.24. The fourth-order valence-electron chi connectivity index (χ4n) is 6.68. The van der Waals surface area contributed by atoms with E-state index < -0.39 is 15.8 Å². The van der Waals surface area contributed by atoms with Crippen molar-refractivity contribution in [2.24, 2.45) is 10.9 Å². The molecule has 0 amide bonds. The van der Waals surface area contributed by atoms with Crippen molar-refractivity contribution in [3.63, 3.8) is 0 Å². The fraction of sp³-hybridized carbons (Fsp3) is 0.533. The van der Waals surface area contributed by atoms with Crippen molar-refractivity contribution in [2.45, 2.75) is 54.7 Å². The zero-order chi connectivity index (χ0) is 27.3. The number of benzene rings is 1. The van der Waals surface area contributed by atoms with Crippen molar-refractivity contribution in [3.8, 4) is 0 Å². The number of likely N-dealkylation sites (tertiary alicyclic amines) is 1. The first-order valence-electron chi connectivity index (χ1n) is 14.4. The summed E-state index contributed by atoms with van der Waals surface area (Å²) in [5.74, 6) is 1.43. The molecule has 0 saturated carbocycles. The smallest absolute Gasteiger partial charge is 0.265 e. The monoisotopic (exact) mass is 580 g/mol. The number of aliphatic imine (C=N–C) groups is 1. The molecule has 0 bridgehead atoms. The van der Waals surface area contributed by atoms with E-state index in [1.54, 1.807) is 24.3 Å². The summed E-state index contributed by atoms with van der Waals surface area (Å²) in [5, 5.41) is 1.25. The van der Waals surface area contributed by atoms with E-state index in [1.165, 1.54) is 14.9 Å². The number of hydrogen-bond acceptors (Lipinski definition) is 8. The lowest BCUT2D eigenvalue weighted by molar-refractivity contribution is -0.159. The molecule has 0 radical (unpaired) electrons. The maximum Gasteiger partial charge on any atom is 0.265 e. The van der Waals surface area contributed by atoms with Crippen LogP contribution in [0.3, 0.4) is 0 Å². The van der Waals surface area contributed by atoms with E-state index >= 15 is 0 Å². The molecule has 7 rings (SSSR count). The SMILES string of the molecule is CN1CCC(C2=NC(C3CN(S(=O)(=O)c4ccccc4)c4ncc(C5=CCC6(CC5)OCCO6)cc43)CS2)CC1. The molecule has 1 aromatic heterocycles. The number of fused-ring (bicyclic) bond motifs is 1. The van der Waals surface area contributed by atoms with Gasteiger partial charge in [-0.05, 0) is 68.7 Å². The highest BCUT2D eigenvalue weighted by molar-refractivity contribution is 8.14. The van der Waals surface area contributed by atoms with E-state index in [2.05, 4.69) is 24.1 Å². The third-order valence-corrected chi connectivity index (χ3v) is 12.1. The topological polar surface area (TPSA) is 84.3 Å². The number of allylic oxidation sites excluding steroid dienone is 1. The molecule has 1 spiro atoms. The number of rotatable bonds is 5. The molecule has 2 fully saturated rings. The van der Waals surface area contributed by atoms with E-state index in [1.807, 2.05) is 24.0 Å². The van der Waals surface area contributed by atoms with Gasteiger partial charge in [0.1, 0.15) is 5.82 Å². The van der Waals surface area contributed by atoms with Crippen LogP contribution in [0.25, 0.3) is 5.57 Å². The van der Waals surface area contributed by atoms with Crippen molar-refractivity contribution in [1.82, 2.24) is 9.88 Å². The number of pyridine rings is 1. The molecule has 2 unspecified atom stereocenters. The van der Waals surface area contributed by atoms with Gasteiger partial charge >= 0.3 is 0 Å². The minimum Gasteiger partial charge on any atom is -0.347 e. The number of aromatic nitrogens is 1. The first-order valence-corrected chi connectivity index (χ1v) is 16.8. The molecule has 1 aliphatic carbocycles. The van der Waals surface area contributed by atoms with E-state index in [4.69, 9.17) is 19.5 Å². The van der Waals surface area contributed by atoms with Crippen LogP contribution in [0.15, 0.2) is 58.6 Å². The van der Waals surface area contributed by atoms with Gasteiger partial charge in [-0.2, -0.15) is 0 Å². The Bertz CT molecular complexity index is 1430. The van der Waals surface area contributed by atoms with Gasteiger partial charge in [0, 0.05) is 48.7 Å². The van der Waals surface area contributed by atoms with E-state index in [0.717, 1.165) is 62.1 Å². The highest BCUT2D eigenvalue weighted by Crippen LogP contribution is 2.46.